The minimum atomic E-state index is 0.129. The van der Waals surface area contributed by atoms with Crippen LogP contribution in [0.25, 0.3) is 0 Å². The van der Waals surface area contributed by atoms with Crippen LogP contribution in [0.15, 0.2) is 143 Å². The van der Waals surface area contributed by atoms with Crippen molar-refractivity contribution in [1.29, 1.82) is 0 Å². The first-order valence-corrected chi connectivity index (χ1v) is 19.7. The van der Waals surface area contributed by atoms with Crippen molar-refractivity contribution in [2.75, 3.05) is 46.6 Å². The summed E-state index contributed by atoms with van der Waals surface area (Å²) in [6.45, 7) is 6.24. The zero-order chi connectivity index (χ0) is 35.1. The van der Waals surface area contributed by atoms with Gasteiger partial charge in [0.15, 0.2) is 6.73 Å². The number of ether oxygens (including phenoxy) is 4. The summed E-state index contributed by atoms with van der Waals surface area (Å²) in [6, 6.07) is 9.05. The van der Waals surface area contributed by atoms with Crippen LogP contribution in [0.4, 0.5) is 0 Å². The van der Waals surface area contributed by atoms with Crippen molar-refractivity contribution in [2.45, 2.75) is 63.3 Å². The minimum Gasteiger partial charge on any atom is -0.478 e. The zero-order valence-corrected chi connectivity index (χ0v) is 30.5. The summed E-state index contributed by atoms with van der Waals surface area (Å²) in [7, 11) is 0. The van der Waals surface area contributed by atoms with Gasteiger partial charge in [0, 0.05) is 72.3 Å². The second-order valence-electron chi connectivity index (χ2n) is 15.8. The number of benzene rings is 1. The minimum absolute atomic E-state index is 0.129. The molecular formula is C45H50N4O4. The van der Waals surface area contributed by atoms with E-state index in [0.29, 0.717) is 50.8 Å². The molecule has 5 aliphatic carbocycles. The fourth-order valence-electron chi connectivity index (χ4n) is 9.21. The molecule has 274 valence electrons. The van der Waals surface area contributed by atoms with E-state index in [9.17, 15) is 0 Å². The standard InChI is InChI=1S/C45H50N4O4/c1-3-7-42-34(5-1)24-48(30-50-42)40-17-19-44-36(22-40)26-46(28-52-44)38-13-9-32(10-14-38)21-33-11-15-39(16-12-33)47-27-37-23-41(18-20-45(37)53-29-47)49-25-35-6-2-4-8-43(35)51-31-49/h1,3,5-9,11-15,17,19-20,22-23,32,36,39,41,44H,2,4,10,16,18,21,24-31H2. The summed E-state index contributed by atoms with van der Waals surface area (Å²) in [4.78, 5) is 9.66. The predicted molar refractivity (Wildman–Crippen MR) is 206 cm³/mol. The molecule has 4 aliphatic heterocycles. The number of nitrogens with zero attached hydrogens (tertiary/aromatic N) is 4. The third-order valence-electron chi connectivity index (χ3n) is 12.3. The van der Waals surface area contributed by atoms with Gasteiger partial charge in [0.25, 0.3) is 0 Å². The van der Waals surface area contributed by atoms with Crippen LogP contribution in [-0.4, -0.2) is 84.3 Å². The van der Waals surface area contributed by atoms with Gasteiger partial charge in [-0.25, -0.2) is 0 Å². The zero-order valence-electron chi connectivity index (χ0n) is 30.5. The molecule has 10 rings (SSSR count). The van der Waals surface area contributed by atoms with Crippen molar-refractivity contribution in [1.82, 2.24) is 19.6 Å². The van der Waals surface area contributed by atoms with Gasteiger partial charge in [-0.15, -0.1) is 0 Å². The van der Waals surface area contributed by atoms with E-state index >= 15 is 0 Å². The van der Waals surface area contributed by atoms with E-state index in [1.807, 2.05) is 6.07 Å². The average Bonchev–Trinajstić information content (AvgIpc) is 3.23. The fourth-order valence-corrected chi connectivity index (χ4v) is 9.21. The molecule has 0 spiro atoms. The molecular weight excluding hydrogens is 661 g/mol. The van der Waals surface area contributed by atoms with E-state index in [1.165, 1.54) is 33.7 Å². The number of hydrogen-bond donors (Lipinski definition) is 0. The molecule has 3 saturated heterocycles. The quantitative estimate of drug-likeness (QED) is 0.302. The van der Waals surface area contributed by atoms with Crippen LogP contribution in [0.1, 0.15) is 44.1 Å². The summed E-state index contributed by atoms with van der Waals surface area (Å²) in [5, 5.41) is 0. The highest BCUT2D eigenvalue weighted by Crippen LogP contribution is 2.36. The Hall–Kier alpha value is -4.50. The van der Waals surface area contributed by atoms with E-state index in [0.717, 1.165) is 82.0 Å². The van der Waals surface area contributed by atoms with Gasteiger partial charge >= 0.3 is 0 Å². The van der Waals surface area contributed by atoms with Crippen LogP contribution in [0.3, 0.4) is 0 Å². The van der Waals surface area contributed by atoms with Crippen LogP contribution in [0.2, 0.25) is 0 Å². The Morgan fingerprint density at radius 1 is 0.623 bits per heavy atom. The molecule has 1 aromatic carbocycles. The Bertz CT molecular complexity index is 1930. The SMILES string of the molecule is C1=CC(N2COC3=CCC(N4COC5=CCCC=C5C4)C=C3C2)CC=C1CC1C=CC(N2COC3C=CC(N4COc5ccccc5C4)=CC3C2)=CC1. The Labute approximate surface area is 313 Å². The highest BCUT2D eigenvalue weighted by molar-refractivity contribution is 5.39. The molecule has 8 heteroatoms. The van der Waals surface area contributed by atoms with Crippen LogP contribution in [-0.2, 0) is 20.8 Å². The summed E-state index contributed by atoms with van der Waals surface area (Å²) in [5.74, 6) is 4.00. The number of rotatable bonds is 6. The van der Waals surface area contributed by atoms with Crippen LogP contribution >= 0.6 is 0 Å². The van der Waals surface area contributed by atoms with Crippen LogP contribution in [0, 0.1) is 11.8 Å². The molecule has 9 aliphatic rings. The van der Waals surface area contributed by atoms with Gasteiger partial charge in [-0.05, 0) is 74.8 Å². The fraction of sp³-hybridized carbons (Fsp3) is 0.422. The Kier molecular flexibility index (Phi) is 8.98. The molecule has 5 unspecified atom stereocenters. The van der Waals surface area contributed by atoms with Crippen molar-refractivity contribution in [3.63, 3.8) is 0 Å². The van der Waals surface area contributed by atoms with Gasteiger partial charge in [-0.3, -0.25) is 9.80 Å². The maximum atomic E-state index is 6.35. The molecule has 3 fully saturated rings. The lowest BCUT2D eigenvalue weighted by atomic mass is 9.88. The first kappa shape index (κ1) is 33.1. The third-order valence-corrected chi connectivity index (χ3v) is 12.3. The summed E-state index contributed by atoms with van der Waals surface area (Å²) in [5.41, 5.74) is 7.85. The molecule has 1 aromatic rings. The number of hydrogen-bond acceptors (Lipinski definition) is 8. The first-order chi connectivity index (χ1) is 26.2. The van der Waals surface area contributed by atoms with E-state index in [4.69, 9.17) is 18.9 Å². The molecule has 0 saturated carbocycles. The molecule has 0 amide bonds. The lowest BCUT2D eigenvalue weighted by Crippen LogP contribution is -2.45. The van der Waals surface area contributed by atoms with Crippen LogP contribution < -0.4 is 4.74 Å². The van der Waals surface area contributed by atoms with Crippen molar-refractivity contribution in [2.24, 2.45) is 11.8 Å². The number of allylic oxidation sites excluding steroid dienone is 8. The summed E-state index contributed by atoms with van der Waals surface area (Å²) < 4.78 is 24.8. The highest BCUT2D eigenvalue weighted by Gasteiger charge is 2.34. The van der Waals surface area contributed by atoms with Gasteiger partial charge < -0.3 is 28.7 Å². The second-order valence-corrected chi connectivity index (χ2v) is 15.8. The topological polar surface area (TPSA) is 49.9 Å². The summed E-state index contributed by atoms with van der Waals surface area (Å²) >= 11 is 0. The average molecular weight is 711 g/mol. The van der Waals surface area contributed by atoms with Gasteiger partial charge in [0.1, 0.15) is 37.5 Å². The van der Waals surface area contributed by atoms with E-state index < -0.39 is 0 Å². The number of para-hydroxylation sites is 1. The Morgan fingerprint density at radius 3 is 2.34 bits per heavy atom. The Balaban J connectivity index is 0.707. The van der Waals surface area contributed by atoms with Gasteiger partial charge in [-0.2, -0.15) is 0 Å². The highest BCUT2D eigenvalue weighted by atomic mass is 16.5. The molecule has 0 aromatic heterocycles. The van der Waals surface area contributed by atoms with Crippen LogP contribution in [0.5, 0.6) is 5.75 Å². The van der Waals surface area contributed by atoms with E-state index in [2.05, 4.69) is 117 Å². The first-order valence-electron chi connectivity index (χ1n) is 19.7. The largest absolute Gasteiger partial charge is 0.478 e. The van der Waals surface area contributed by atoms with Crippen molar-refractivity contribution >= 4 is 0 Å². The van der Waals surface area contributed by atoms with Crippen molar-refractivity contribution < 1.29 is 18.9 Å². The maximum Gasteiger partial charge on any atom is 0.161 e. The monoisotopic (exact) mass is 710 g/mol. The molecule has 0 N–H and O–H groups in total. The lowest BCUT2D eigenvalue weighted by Gasteiger charge is -2.41. The normalized spacial score (nSPS) is 31.0. The van der Waals surface area contributed by atoms with E-state index in [-0.39, 0.29) is 6.10 Å². The predicted octanol–water partition coefficient (Wildman–Crippen LogP) is 7.44. The number of fused-ring (bicyclic) bond motifs is 4. The Morgan fingerprint density at radius 2 is 1.45 bits per heavy atom. The molecule has 5 atom stereocenters. The lowest BCUT2D eigenvalue weighted by molar-refractivity contribution is -0.0550. The van der Waals surface area contributed by atoms with Gasteiger partial charge in [0.2, 0.25) is 0 Å². The van der Waals surface area contributed by atoms with Crippen molar-refractivity contribution in [3.8, 4) is 5.75 Å². The molecule has 0 radical (unpaired) electrons. The molecule has 0 bridgehead atoms. The molecule has 8 nitrogen and oxygen atoms in total. The van der Waals surface area contributed by atoms with Crippen molar-refractivity contribution in [3.05, 3.63) is 148 Å². The van der Waals surface area contributed by atoms with E-state index in [1.54, 1.807) is 0 Å². The smallest absolute Gasteiger partial charge is 0.161 e. The maximum absolute atomic E-state index is 6.35. The molecule has 4 heterocycles. The third kappa shape index (κ3) is 6.89. The second kappa shape index (κ2) is 14.4. The summed E-state index contributed by atoms with van der Waals surface area (Å²) in [6.07, 6.45) is 37.0. The van der Waals surface area contributed by atoms with Gasteiger partial charge in [0.05, 0.1) is 6.10 Å². The van der Waals surface area contributed by atoms with Gasteiger partial charge in [-0.1, -0.05) is 78.5 Å². The molecule has 53 heavy (non-hydrogen) atoms.